The highest BCUT2D eigenvalue weighted by molar-refractivity contribution is 5.39. The van der Waals surface area contributed by atoms with Crippen molar-refractivity contribution in [2.75, 3.05) is 0 Å². The number of pyridine rings is 1. The lowest BCUT2D eigenvalue weighted by atomic mass is 10.3. The van der Waals surface area contributed by atoms with Gasteiger partial charge in [0.2, 0.25) is 0 Å². The number of terminal acetylenes is 1. The predicted molar refractivity (Wildman–Crippen MR) is 52.3 cm³/mol. The van der Waals surface area contributed by atoms with Crippen molar-refractivity contribution in [3.05, 3.63) is 36.0 Å². The first-order valence-corrected chi connectivity index (χ1v) is 4.36. The molecule has 2 rings (SSSR count). The van der Waals surface area contributed by atoms with E-state index in [-0.39, 0.29) is 5.82 Å². The number of hydrogen-bond donors (Lipinski definition) is 0. The van der Waals surface area contributed by atoms with E-state index in [1.807, 2.05) is 0 Å². The Morgan fingerprint density at radius 3 is 3.07 bits per heavy atom. The first-order chi connectivity index (χ1) is 6.79. The van der Waals surface area contributed by atoms with Crippen LogP contribution in [0.3, 0.4) is 0 Å². The number of rotatable bonds is 2. The number of aryl methyl sites for hydroxylation is 1. The maximum Gasteiger partial charge on any atom is 0.139 e. The van der Waals surface area contributed by atoms with E-state index in [1.165, 1.54) is 12.3 Å². The van der Waals surface area contributed by atoms with Gasteiger partial charge in [-0.1, -0.05) is 0 Å². The van der Waals surface area contributed by atoms with E-state index in [4.69, 9.17) is 6.42 Å². The number of aromatic nitrogens is 2. The summed E-state index contributed by atoms with van der Waals surface area (Å²) in [7, 11) is 0. The SMILES string of the molecule is C#CCCc1cn2cc(F)ccc2n1. The van der Waals surface area contributed by atoms with Gasteiger partial charge in [0.1, 0.15) is 11.5 Å². The molecule has 0 aliphatic carbocycles. The quantitative estimate of drug-likeness (QED) is 0.659. The summed E-state index contributed by atoms with van der Waals surface area (Å²) in [5.41, 5.74) is 1.65. The molecule has 0 spiro atoms. The van der Waals surface area contributed by atoms with Gasteiger partial charge in [0.25, 0.3) is 0 Å². The van der Waals surface area contributed by atoms with Crippen molar-refractivity contribution >= 4 is 5.65 Å². The first kappa shape index (κ1) is 8.76. The zero-order valence-electron chi connectivity index (χ0n) is 7.57. The highest BCUT2D eigenvalue weighted by Crippen LogP contribution is 2.08. The fourth-order valence-corrected chi connectivity index (χ4v) is 1.34. The molecule has 0 aromatic carbocycles. The Morgan fingerprint density at radius 2 is 2.29 bits per heavy atom. The minimum absolute atomic E-state index is 0.265. The third kappa shape index (κ3) is 1.60. The molecule has 0 saturated heterocycles. The molecule has 70 valence electrons. The molecule has 2 aromatic heterocycles. The molecular formula is C11H9FN2. The van der Waals surface area contributed by atoms with Gasteiger partial charge in [0, 0.05) is 25.2 Å². The van der Waals surface area contributed by atoms with Gasteiger partial charge >= 0.3 is 0 Å². The summed E-state index contributed by atoms with van der Waals surface area (Å²) in [4.78, 5) is 4.29. The summed E-state index contributed by atoms with van der Waals surface area (Å²) in [5, 5.41) is 0. The summed E-state index contributed by atoms with van der Waals surface area (Å²) < 4.78 is 14.5. The van der Waals surface area contributed by atoms with E-state index in [0.717, 1.165) is 17.8 Å². The van der Waals surface area contributed by atoms with Gasteiger partial charge in [0.05, 0.1) is 5.69 Å². The van der Waals surface area contributed by atoms with Crippen molar-refractivity contribution in [3.8, 4) is 12.3 Å². The molecule has 14 heavy (non-hydrogen) atoms. The zero-order valence-corrected chi connectivity index (χ0v) is 7.57. The van der Waals surface area contributed by atoms with E-state index in [1.54, 1.807) is 16.7 Å². The Labute approximate surface area is 81.4 Å². The predicted octanol–water partition coefficient (Wildman–Crippen LogP) is 2.04. The Hall–Kier alpha value is -1.82. The Bertz CT molecular complexity index is 493. The smallest absolute Gasteiger partial charge is 0.139 e. The highest BCUT2D eigenvalue weighted by Gasteiger charge is 2.01. The van der Waals surface area contributed by atoms with Crippen LogP contribution in [0, 0.1) is 18.2 Å². The number of nitrogens with zero attached hydrogens (tertiary/aromatic N) is 2. The number of fused-ring (bicyclic) bond motifs is 1. The van der Waals surface area contributed by atoms with Gasteiger partial charge < -0.3 is 4.40 Å². The summed E-state index contributed by atoms with van der Waals surface area (Å²) >= 11 is 0. The van der Waals surface area contributed by atoms with Crippen molar-refractivity contribution in [1.82, 2.24) is 9.38 Å². The second kappa shape index (κ2) is 3.51. The third-order valence-corrected chi connectivity index (χ3v) is 1.99. The Morgan fingerprint density at radius 1 is 1.43 bits per heavy atom. The topological polar surface area (TPSA) is 17.3 Å². The second-order valence-electron chi connectivity index (χ2n) is 3.05. The van der Waals surface area contributed by atoms with Crippen LogP contribution in [0.15, 0.2) is 24.5 Å². The summed E-state index contributed by atoms with van der Waals surface area (Å²) in [6.45, 7) is 0. The minimum Gasteiger partial charge on any atom is -0.304 e. The van der Waals surface area contributed by atoms with E-state index in [2.05, 4.69) is 10.9 Å². The highest BCUT2D eigenvalue weighted by atomic mass is 19.1. The van der Waals surface area contributed by atoms with Crippen molar-refractivity contribution in [3.63, 3.8) is 0 Å². The molecule has 0 amide bonds. The molecule has 3 heteroatoms. The number of imidazole rings is 1. The third-order valence-electron chi connectivity index (χ3n) is 1.99. The van der Waals surface area contributed by atoms with E-state index in [9.17, 15) is 4.39 Å². The minimum atomic E-state index is -0.265. The Kier molecular flexibility index (Phi) is 2.19. The number of hydrogen-bond acceptors (Lipinski definition) is 1. The number of halogens is 1. The van der Waals surface area contributed by atoms with Crippen LogP contribution in [0.4, 0.5) is 4.39 Å². The molecule has 0 aliphatic rings. The molecule has 2 heterocycles. The fraction of sp³-hybridized carbons (Fsp3) is 0.182. The average Bonchev–Trinajstić information content (AvgIpc) is 2.56. The van der Waals surface area contributed by atoms with Crippen molar-refractivity contribution in [2.45, 2.75) is 12.8 Å². The maximum atomic E-state index is 12.8. The first-order valence-electron chi connectivity index (χ1n) is 4.36. The van der Waals surface area contributed by atoms with Crippen LogP contribution in [0.5, 0.6) is 0 Å². The summed E-state index contributed by atoms with van der Waals surface area (Å²) in [6, 6.07) is 3.04. The van der Waals surface area contributed by atoms with Crippen LogP contribution in [-0.4, -0.2) is 9.38 Å². The molecule has 0 bridgehead atoms. The molecule has 0 radical (unpaired) electrons. The van der Waals surface area contributed by atoms with Gasteiger partial charge in [-0.05, 0) is 12.1 Å². The molecule has 2 aromatic rings. The molecule has 0 aliphatic heterocycles. The van der Waals surface area contributed by atoms with Gasteiger partial charge in [-0.3, -0.25) is 0 Å². The normalized spacial score (nSPS) is 10.3. The van der Waals surface area contributed by atoms with Crippen LogP contribution >= 0.6 is 0 Å². The molecule has 2 nitrogen and oxygen atoms in total. The van der Waals surface area contributed by atoms with Gasteiger partial charge in [-0.15, -0.1) is 12.3 Å². The molecule has 0 fully saturated rings. The van der Waals surface area contributed by atoms with Crippen molar-refractivity contribution in [2.24, 2.45) is 0 Å². The van der Waals surface area contributed by atoms with Crippen LogP contribution in [-0.2, 0) is 6.42 Å². The molecular weight excluding hydrogens is 179 g/mol. The standard InChI is InChI=1S/C11H9FN2/c1-2-3-4-10-8-14-7-9(12)5-6-11(14)13-10/h1,5-8H,3-4H2. The fourth-order valence-electron chi connectivity index (χ4n) is 1.34. The lowest BCUT2D eigenvalue weighted by Crippen LogP contribution is -1.83. The van der Waals surface area contributed by atoms with Crippen LogP contribution in [0.25, 0.3) is 5.65 Å². The van der Waals surface area contributed by atoms with Gasteiger partial charge in [-0.2, -0.15) is 0 Å². The lowest BCUT2D eigenvalue weighted by Gasteiger charge is -1.90. The second-order valence-corrected chi connectivity index (χ2v) is 3.05. The van der Waals surface area contributed by atoms with Crippen LogP contribution in [0.1, 0.15) is 12.1 Å². The van der Waals surface area contributed by atoms with Crippen molar-refractivity contribution < 1.29 is 4.39 Å². The monoisotopic (exact) mass is 188 g/mol. The maximum absolute atomic E-state index is 12.8. The van der Waals surface area contributed by atoms with Crippen LogP contribution in [0.2, 0.25) is 0 Å². The molecule has 0 N–H and O–H groups in total. The van der Waals surface area contributed by atoms with E-state index in [0.29, 0.717) is 6.42 Å². The zero-order chi connectivity index (χ0) is 9.97. The lowest BCUT2D eigenvalue weighted by molar-refractivity contribution is 0.619. The van der Waals surface area contributed by atoms with Crippen LogP contribution < -0.4 is 0 Å². The average molecular weight is 188 g/mol. The molecule has 0 atom stereocenters. The summed E-state index contributed by atoms with van der Waals surface area (Å²) in [6.07, 6.45) is 9.75. The summed E-state index contributed by atoms with van der Waals surface area (Å²) in [5.74, 6) is 2.28. The molecule has 0 saturated carbocycles. The van der Waals surface area contributed by atoms with Gasteiger partial charge in [-0.25, -0.2) is 9.37 Å². The molecule has 0 unspecified atom stereocenters. The van der Waals surface area contributed by atoms with Crippen molar-refractivity contribution in [1.29, 1.82) is 0 Å². The van der Waals surface area contributed by atoms with E-state index >= 15 is 0 Å². The van der Waals surface area contributed by atoms with E-state index < -0.39 is 0 Å². The van der Waals surface area contributed by atoms with Gasteiger partial charge in [0.15, 0.2) is 0 Å². The largest absolute Gasteiger partial charge is 0.304 e. The Balaban J connectivity index is 2.37.